The predicted molar refractivity (Wildman–Crippen MR) is 72.7 cm³/mol. The molecule has 0 bridgehead atoms. The molecule has 0 saturated heterocycles. The minimum absolute atomic E-state index is 0.625. The summed E-state index contributed by atoms with van der Waals surface area (Å²) in [6.45, 7) is 3.40. The van der Waals surface area contributed by atoms with Crippen molar-refractivity contribution < 1.29 is 14.2 Å². The number of hydrogen-bond acceptors (Lipinski definition) is 4. The number of methoxy groups -OCH3 is 1. The molecule has 0 aromatic heterocycles. The number of hydrogen-bond donors (Lipinski definition) is 1. The standard InChI is InChI=1S/C14H23NO3/c1-16-8-4-9-17-11-12-18-10-7-13-5-2-3-6-14(13)15/h2-3,5-6H,4,7-12,15H2,1H3. The number of anilines is 1. The summed E-state index contributed by atoms with van der Waals surface area (Å²) in [5.41, 5.74) is 7.81. The summed E-state index contributed by atoms with van der Waals surface area (Å²) in [6.07, 6.45) is 1.77. The Kier molecular flexibility index (Phi) is 8.21. The second kappa shape index (κ2) is 9.88. The van der Waals surface area contributed by atoms with Gasteiger partial charge in [0.15, 0.2) is 0 Å². The number of rotatable bonds is 10. The maximum Gasteiger partial charge on any atom is 0.0700 e. The van der Waals surface area contributed by atoms with E-state index in [0.717, 1.165) is 37.3 Å². The summed E-state index contributed by atoms with van der Waals surface area (Å²) in [7, 11) is 1.69. The monoisotopic (exact) mass is 253 g/mol. The minimum atomic E-state index is 0.625. The van der Waals surface area contributed by atoms with Gasteiger partial charge in [0.25, 0.3) is 0 Å². The summed E-state index contributed by atoms with van der Waals surface area (Å²) < 4.78 is 15.8. The van der Waals surface area contributed by atoms with Gasteiger partial charge in [0.2, 0.25) is 0 Å². The highest BCUT2D eigenvalue weighted by atomic mass is 16.5. The molecule has 1 aromatic rings. The average molecular weight is 253 g/mol. The van der Waals surface area contributed by atoms with E-state index in [4.69, 9.17) is 19.9 Å². The maximum absolute atomic E-state index is 5.84. The van der Waals surface area contributed by atoms with Crippen LogP contribution in [0.5, 0.6) is 0 Å². The van der Waals surface area contributed by atoms with E-state index in [2.05, 4.69) is 0 Å². The molecule has 1 rings (SSSR count). The zero-order valence-electron chi connectivity index (χ0n) is 11.1. The van der Waals surface area contributed by atoms with Crippen molar-refractivity contribution in [1.82, 2.24) is 0 Å². The van der Waals surface area contributed by atoms with Gasteiger partial charge in [0.1, 0.15) is 0 Å². The zero-order chi connectivity index (χ0) is 13.1. The Balaban J connectivity index is 1.94. The Morgan fingerprint density at radius 1 is 0.944 bits per heavy atom. The van der Waals surface area contributed by atoms with Crippen molar-refractivity contribution in [3.8, 4) is 0 Å². The third-order valence-corrected chi connectivity index (χ3v) is 2.58. The van der Waals surface area contributed by atoms with Gasteiger partial charge in [-0.2, -0.15) is 0 Å². The first-order valence-electron chi connectivity index (χ1n) is 6.32. The fourth-order valence-corrected chi connectivity index (χ4v) is 1.57. The molecule has 0 spiro atoms. The molecule has 4 nitrogen and oxygen atoms in total. The van der Waals surface area contributed by atoms with Crippen LogP contribution in [-0.4, -0.2) is 40.1 Å². The number of ether oxygens (including phenoxy) is 3. The molecule has 0 atom stereocenters. The largest absolute Gasteiger partial charge is 0.399 e. The highest BCUT2D eigenvalue weighted by Crippen LogP contribution is 2.10. The SMILES string of the molecule is COCCCOCCOCCc1ccccc1N. The summed E-state index contributed by atoms with van der Waals surface area (Å²) >= 11 is 0. The fraction of sp³-hybridized carbons (Fsp3) is 0.571. The van der Waals surface area contributed by atoms with Crippen LogP contribution in [0.15, 0.2) is 24.3 Å². The van der Waals surface area contributed by atoms with E-state index >= 15 is 0 Å². The Morgan fingerprint density at radius 2 is 1.67 bits per heavy atom. The molecule has 18 heavy (non-hydrogen) atoms. The topological polar surface area (TPSA) is 53.7 Å². The summed E-state index contributed by atoms with van der Waals surface area (Å²) in [5, 5.41) is 0. The van der Waals surface area contributed by atoms with E-state index < -0.39 is 0 Å². The smallest absolute Gasteiger partial charge is 0.0700 e. The van der Waals surface area contributed by atoms with E-state index in [1.165, 1.54) is 0 Å². The van der Waals surface area contributed by atoms with Gasteiger partial charge < -0.3 is 19.9 Å². The first-order valence-corrected chi connectivity index (χ1v) is 6.32. The summed E-state index contributed by atoms with van der Waals surface area (Å²) in [6, 6.07) is 7.87. The molecule has 0 aliphatic rings. The molecule has 0 radical (unpaired) electrons. The molecule has 0 unspecified atom stereocenters. The minimum Gasteiger partial charge on any atom is -0.399 e. The van der Waals surface area contributed by atoms with E-state index in [-0.39, 0.29) is 0 Å². The Bertz CT molecular complexity index is 318. The van der Waals surface area contributed by atoms with Crippen LogP contribution >= 0.6 is 0 Å². The first kappa shape index (κ1) is 15.0. The van der Waals surface area contributed by atoms with Crippen molar-refractivity contribution in [2.75, 3.05) is 45.9 Å². The van der Waals surface area contributed by atoms with Crippen molar-refractivity contribution in [3.05, 3.63) is 29.8 Å². The second-order valence-corrected chi connectivity index (χ2v) is 4.02. The Morgan fingerprint density at radius 3 is 2.39 bits per heavy atom. The van der Waals surface area contributed by atoms with Gasteiger partial charge in [-0.1, -0.05) is 18.2 Å². The highest BCUT2D eigenvalue weighted by molar-refractivity contribution is 5.46. The van der Waals surface area contributed by atoms with Crippen LogP contribution in [-0.2, 0) is 20.6 Å². The third-order valence-electron chi connectivity index (χ3n) is 2.58. The number of benzene rings is 1. The molecule has 0 aliphatic carbocycles. The number of nitrogens with two attached hydrogens (primary N) is 1. The van der Waals surface area contributed by atoms with Crippen LogP contribution in [0.3, 0.4) is 0 Å². The molecule has 2 N–H and O–H groups in total. The second-order valence-electron chi connectivity index (χ2n) is 4.02. The molecule has 4 heteroatoms. The van der Waals surface area contributed by atoms with Crippen molar-refractivity contribution >= 4 is 5.69 Å². The zero-order valence-corrected chi connectivity index (χ0v) is 11.1. The maximum atomic E-state index is 5.84. The van der Waals surface area contributed by atoms with Crippen LogP contribution < -0.4 is 5.73 Å². The van der Waals surface area contributed by atoms with E-state index in [0.29, 0.717) is 19.8 Å². The van der Waals surface area contributed by atoms with Crippen molar-refractivity contribution in [2.45, 2.75) is 12.8 Å². The van der Waals surface area contributed by atoms with Crippen LogP contribution in [0.2, 0.25) is 0 Å². The quantitative estimate of drug-likeness (QED) is 0.511. The molecule has 0 saturated carbocycles. The highest BCUT2D eigenvalue weighted by Gasteiger charge is 1.97. The number of para-hydroxylation sites is 1. The van der Waals surface area contributed by atoms with Gasteiger partial charge in [0, 0.05) is 26.0 Å². The average Bonchev–Trinajstić information content (AvgIpc) is 2.39. The van der Waals surface area contributed by atoms with E-state index in [1.54, 1.807) is 7.11 Å². The Hall–Kier alpha value is -1.10. The van der Waals surface area contributed by atoms with Gasteiger partial charge in [0.05, 0.1) is 19.8 Å². The van der Waals surface area contributed by atoms with Crippen LogP contribution in [0.25, 0.3) is 0 Å². The first-order chi connectivity index (χ1) is 8.84. The van der Waals surface area contributed by atoms with E-state index in [9.17, 15) is 0 Å². The predicted octanol–water partition coefficient (Wildman–Crippen LogP) is 1.88. The van der Waals surface area contributed by atoms with Crippen molar-refractivity contribution in [1.29, 1.82) is 0 Å². The van der Waals surface area contributed by atoms with Crippen LogP contribution in [0.4, 0.5) is 5.69 Å². The normalized spacial score (nSPS) is 10.7. The lowest BCUT2D eigenvalue weighted by Gasteiger charge is -2.07. The number of nitrogen functional groups attached to an aromatic ring is 1. The van der Waals surface area contributed by atoms with Gasteiger partial charge in [-0.3, -0.25) is 0 Å². The van der Waals surface area contributed by atoms with Crippen molar-refractivity contribution in [3.63, 3.8) is 0 Å². The van der Waals surface area contributed by atoms with Crippen LogP contribution in [0.1, 0.15) is 12.0 Å². The fourth-order valence-electron chi connectivity index (χ4n) is 1.57. The molecule has 102 valence electrons. The van der Waals surface area contributed by atoms with Gasteiger partial charge in [-0.05, 0) is 24.5 Å². The molecule has 0 heterocycles. The third kappa shape index (κ3) is 6.59. The lowest BCUT2D eigenvalue weighted by atomic mass is 10.1. The van der Waals surface area contributed by atoms with Gasteiger partial charge in [-0.25, -0.2) is 0 Å². The van der Waals surface area contributed by atoms with Crippen LogP contribution in [0, 0.1) is 0 Å². The lowest BCUT2D eigenvalue weighted by molar-refractivity contribution is 0.0409. The molecular formula is C14H23NO3. The van der Waals surface area contributed by atoms with Gasteiger partial charge in [-0.15, -0.1) is 0 Å². The molecule has 0 amide bonds. The molecule has 0 fully saturated rings. The van der Waals surface area contributed by atoms with E-state index in [1.807, 2.05) is 24.3 Å². The van der Waals surface area contributed by atoms with Crippen molar-refractivity contribution in [2.24, 2.45) is 0 Å². The summed E-state index contributed by atoms with van der Waals surface area (Å²) in [4.78, 5) is 0. The Labute approximate surface area is 109 Å². The molecular weight excluding hydrogens is 230 g/mol. The lowest BCUT2D eigenvalue weighted by Crippen LogP contribution is -2.09. The summed E-state index contributed by atoms with van der Waals surface area (Å²) in [5.74, 6) is 0. The van der Waals surface area contributed by atoms with Gasteiger partial charge >= 0.3 is 0 Å². The molecule has 1 aromatic carbocycles. The molecule has 0 aliphatic heterocycles.